The van der Waals surface area contributed by atoms with E-state index in [-0.39, 0.29) is 28.8 Å². The van der Waals surface area contributed by atoms with Gasteiger partial charge in [-0.25, -0.2) is 17.6 Å². The first kappa shape index (κ1) is 24.1. The van der Waals surface area contributed by atoms with Crippen LogP contribution in [0.15, 0.2) is 41.8 Å². The van der Waals surface area contributed by atoms with Gasteiger partial charge in [0.15, 0.2) is 16.4 Å². The van der Waals surface area contributed by atoms with Gasteiger partial charge in [0.1, 0.15) is 5.82 Å². The fourth-order valence-electron chi connectivity index (χ4n) is 3.55. The Balaban J connectivity index is 1.74. The molecule has 0 radical (unpaired) electrons. The summed E-state index contributed by atoms with van der Waals surface area (Å²) in [6, 6.07) is 8.84. The third kappa shape index (κ3) is 6.49. The van der Waals surface area contributed by atoms with Crippen molar-refractivity contribution in [2.75, 3.05) is 24.7 Å². The van der Waals surface area contributed by atoms with Crippen LogP contribution in [-0.4, -0.2) is 55.9 Å². The van der Waals surface area contributed by atoms with Gasteiger partial charge in [-0.15, -0.1) is 11.3 Å². The SMILES string of the molecule is CC(C)CN(C(=O)COC(=O)/C(=C/c1ccc(F)cc1)c1cccs1)[C@H]1CCS(=O)(=O)C1. The molecule has 2 heterocycles. The van der Waals surface area contributed by atoms with Crippen molar-refractivity contribution in [3.8, 4) is 0 Å². The highest BCUT2D eigenvalue weighted by atomic mass is 32.2. The van der Waals surface area contributed by atoms with Crippen molar-refractivity contribution in [1.82, 2.24) is 4.90 Å². The molecule has 1 aliphatic rings. The van der Waals surface area contributed by atoms with Gasteiger partial charge in [0.2, 0.25) is 0 Å². The lowest BCUT2D eigenvalue weighted by atomic mass is 10.1. The first-order valence-corrected chi connectivity index (χ1v) is 13.0. The second-order valence-corrected chi connectivity index (χ2v) is 11.3. The molecule has 1 fully saturated rings. The molecule has 172 valence electrons. The third-order valence-corrected chi connectivity index (χ3v) is 7.70. The van der Waals surface area contributed by atoms with Gasteiger partial charge in [-0.1, -0.05) is 32.0 Å². The van der Waals surface area contributed by atoms with Crippen LogP contribution >= 0.6 is 11.3 Å². The van der Waals surface area contributed by atoms with Gasteiger partial charge in [0.05, 0.1) is 17.1 Å². The van der Waals surface area contributed by atoms with Crippen molar-refractivity contribution in [2.45, 2.75) is 26.3 Å². The molecule has 0 bridgehead atoms. The fourth-order valence-corrected chi connectivity index (χ4v) is 6.01. The van der Waals surface area contributed by atoms with E-state index in [4.69, 9.17) is 4.74 Å². The zero-order chi connectivity index (χ0) is 23.3. The normalized spacial score (nSPS) is 18.0. The van der Waals surface area contributed by atoms with E-state index in [0.29, 0.717) is 23.4 Å². The Morgan fingerprint density at radius 2 is 1.97 bits per heavy atom. The number of carbonyl (C=O) groups is 2. The van der Waals surface area contributed by atoms with Crippen LogP contribution in [0.5, 0.6) is 0 Å². The van der Waals surface area contributed by atoms with Gasteiger partial charge in [-0.05, 0) is 47.6 Å². The maximum atomic E-state index is 13.2. The van der Waals surface area contributed by atoms with Crippen molar-refractivity contribution in [3.63, 3.8) is 0 Å². The molecule has 1 aliphatic heterocycles. The number of nitrogens with zero attached hydrogens (tertiary/aromatic N) is 1. The molecule has 3 rings (SSSR count). The Labute approximate surface area is 191 Å². The summed E-state index contributed by atoms with van der Waals surface area (Å²) < 4.78 is 42.3. The molecule has 0 N–H and O–H groups in total. The van der Waals surface area contributed by atoms with E-state index >= 15 is 0 Å². The van der Waals surface area contributed by atoms with E-state index in [9.17, 15) is 22.4 Å². The van der Waals surface area contributed by atoms with Crippen LogP contribution in [0.3, 0.4) is 0 Å². The van der Waals surface area contributed by atoms with E-state index in [1.807, 2.05) is 19.2 Å². The summed E-state index contributed by atoms with van der Waals surface area (Å²) in [5, 5.41) is 1.82. The number of sulfone groups is 1. The van der Waals surface area contributed by atoms with Crippen LogP contribution in [-0.2, 0) is 24.2 Å². The number of halogens is 1. The maximum Gasteiger partial charge on any atom is 0.340 e. The Morgan fingerprint density at radius 1 is 1.25 bits per heavy atom. The molecule has 1 amide bonds. The van der Waals surface area contributed by atoms with Crippen LogP contribution in [0.2, 0.25) is 0 Å². The summed E-state index contributed by atoms with van der Waals surface area (Å²) in [6.07, 6.45) is 1.98. The summed E-state index contributed by atoms with van der Waals surface area (Å²) >= 11 is 1.35. The predicted octanol–water partition coefficient (Wildman–Crippen LogP) is 3.64. The summed E-state index contributed by atoms with van der Waals surface area (Å²) in [5.74, 6) is -1.34. The number of hydrogen-bond donors (Lipinski definition) is 0. The van der Waals surface area contributed by atoms with Crippen molar-refractivity contribution in [1.29, 1.82) is 0 Å². The lowest BCUT2D eigenvalue weighted by molar-refractivity contribution is -0.148. The van der Waals surface area contributed by atoms with Gasteiger partial charge in [0.25, 0.3) is 5.91 Å². The van der Waals surface area contributed by atoms with Crippen LogP contribution < -0.4 is 0 Å². The molecule has 1 aromatic carbocycles. The number of thiophene rings is 1. The molecular weight excluding hydrogens is 453 g/mol. The quantitative estimate of drug-likeness (QED) is 0.427. The van der Waals surface area contributed by atoms with E-state index in [2.05, 4.69) is 0 Å². The Morgan fingerprint density at radius 3 is 2.53 bits per heavy atom. The molecular formula is C23H26FNO5S2. The third-order valence-electron chi connectivity index (χ3n) is 5.05. The number of carbonyl (C=O) groups excluding carboxylic acids is 2. The summed E-state index contributed by atoms with van der Waals surface area (Å²) in [7, 11) is -3.16. The lowest BCUT2D eigenvalue weighted by Gasteiger charge is -2.29. The molecule has 9 heteroatoms. The topological polar surface area (TPSA) is 80.8 Å². The van der Waals surface area contributed by atoms with Crippen LogP contribution in [0.4, 0.5) is 4.39 Å². The van der Waals surface area contributed by atoms with Crippen LogP contribution in [0.25, 0.3) is 11.6 Å². The fraction of sp³-hybridized carbons (Fsp3) is 0.391. The minimum Gasteiger partial charge on any atom is -0.452 e. The smallest absolute Gasteiger partial charge is 0.340 e. The van der Waals surface area contributed by atoms with E-state index in [0.717, 1.165) is 0 Å². The molecule has 32 heavy (non-hydrogen) atoms. The van der Waals surface area contributed by atoms with Gasteiger partial charge >= 0.3 is 5.97 Å². The molecule has 0 aliphatic carbocycles. The van der Waals surface area contributed by atoms with Gasteiger partial charge in [0, 0.05) is 17.5 Å². The summed E-state index contributed by atoms with van der Waals surface area (Å²) in [5.41, 5.74) is 0.883. The van der Waals surface area contributed by atoms with Gasteiger partial charge in [-0.3, -0.25) is 4.79 Å². The van der Waals surface area contributed by atoms with E-state index in [1.54, 1.807) is 30.3 Å². The van der Waals surface area contributed by atoms with Crippen molar-refractivity contribution in [2.24, 2.45) is 5.92 Å². The first-order chi connectivity index (χ1) is 15.1. The molecule has 0 spiro atoms. The summed E-state index contributed by atoms with van der Waals surface area (Å²) in [4.78, 5) is 27.9. The molecule has 0 saturated carbocycles. The lowest BCUT2D eigenvalue weighted by Crippen LogP contribution is -2.45. The highest BCUT2D eigenvalue weighted by molar-refractivity contribution is 7.91. The number of ether oxygens (including phenoxy) is 1. The molecule has 1 aromatic heterocycles. The largest absolute Gasteiger partial charge is 0.452 e. The molecule has 6 nitrogen and oxygen atoms in total. The van der Waals surface area contributed by atoms with Crippen LogP contribution in [0.1, 0.15) is 30.7 Å². The molecule has 1 atom stereocenters. The maximum absolute atomic E-state index is 13.2. The molecule has 2 aromatic rings. The summed E-state index contributed by atoms with van der Waals surface area (Å²) in [6.45, 7) is 3.79. The van der Waals surface area contributed by atoms with Gasteiger partial charge in [-0.2, -0.15) is 0 Å². The highest BCUT2D eigenvalue weighted by Gasteiger charge is 2.35. The standard InChI is InChI=1S/C23H26FNO5S2/c1-16(2)13-25(19-9-11-32(28,29)15-19)22(26)14-30-23(27)20(21-4-3-10-31-21)12-17-5-7-18(24)8-6-17/h3-8,10,12,16,19H,9,11,13-15H2,1-2H3/b20-12+/t19-/m0/s1. The first-order valence-electron chi connectivity index (χ1n) is 10.3. The minimum absolute atomic E-state index is 0.0578. The second kappa shape index (κ2) is 10.4. The molecule has 0 unspecified atom stereocenters. The highest BCUT2D eigenvalue weighted by Crippen LogP contribution is 2.25. The average Bonchev–Trinajstić information content (AvgIpc) is 3.39. The zero-order valence-corrected chi connectivity index (χ0v) is 19.6. The van der Waals surface area contributed by atoms with Crippen LogP contribution in [0, 0.1) is 11.7 Å². The van der Waals surface area contributed by atoms with Crippen molar-refractivity contribution in [3.05, 3.63) is 58.0 Å². The monoisotopic (exact) mass is 479 g/mol. The number of hydrogen-bond acceptors (Lipinski definition) is 6. The number of amides is 1. The average molecular weight is 480 g/mol. The van der Waals surface area contributed by atoms with Crippen molar-refractivity contribution >= 4 is 44.7 Å². The van der Waals surface area contributed by atoms with E-state index < -0.39 is 34.4 Å². The minimum atomic E-state index is -3.16. The van der Waals surface area contributed by atoms with E-state index in [1.165, 1.54) is 28.4 Å². The Kier molecular flexibility index (Phi) is 7.84. The predicted molar refractivity (Wildman–Crippen MR) is 123 cm³/mol. The van der Waals surface area contributed by atoms with Gasteiger partial charge < -0.3 is 9.64 Å². The number of rotatable bonds is 8. The molecule has 1 saturated heterocycles. The second-order valence-electron chi connectivity index (χ2n) is 8.16. The Bertz CT molecular complexity index is 1080. The zero-order valence-electron chi connectivity index (χ0n) is 18.0. The number of benzene rings is 1. The Hall–Kier alpha value is -2.52. The number of esters is 1. The van der Waals surface area contributed by atoms with Crippen molar-refractivity contribution < 1.29 is 27.1 Å².